The van der Waals surface area contributed by atoms with Crippen LogP contribution < -0.4 is 4.74 Å². The van der Waals surface area contributed by atoms with E-state index >= 15 is 0 Å². The summed E-state index contributed by atoms with van der Waals surface area (Å²) in [5.41, 5.74) is 2.58. The van der Waals surface area contributed by atoms with Crippen molar-refractivity contribution in [2.45, 2.75) is 26.6 Å². The molecule has 0 saturated carbocycles. The van der Waals surface area contributed by atoms with E-state index in [1.165, 1.54) is 18.3 Å². The number of halogens is 2. The van der Waals surface area contributed by atoms with Gasteiger partial charge in [0.05, 0.1) is 23.9 Å². The van der Waals surface area contributed by atoms with E-state index in [0.717, 1.165) is 16.6 Å². The van der Waals surface area contributed by atoms with E-state index in [0.29, 0.717) is 23.5 Å². The van der Waals surface area contributed by atoms with Crippen molar-refractivity contribution in [1.29, 1.82) is 5.26 Å². The summed E-state index contributed by atoms with van der Waals surface area (Å²) in [5, 5.41) is 9.89. The zero-order valence-corrected chi connectivity index (χ0v) is 14.0. The van der Waals surface area contributed by atoms with Crippen molar-refractivity contribution in [3.8, 4) is 11.8 Å². The molecule has 0 amide bonds. The average Bonchev–Trinajstić information content (AvgIpc) is 2.95. The molecule has 0 aliphatic carbocycles. The van der Waals surface area contributed by atoms with Crippen LogP contribution in [-0.4, -0.2) is 16.2 Å². The second-order valence-electron chi connectivity index (χ2n) is 5.90. The van der Waals surface area contributed by atoms with Gasteiger partial charge in [0.25, 0.3) is 0 Å². The molecule has 0 radical (unpaired) electrons. The summed E-state index contributed by atoms with van der Waals surface area (Å²) in [7, 11) is 0. The minimum absolute atomic E-state index is 0.0389. The summed E-state index contributed by atoms with van der Waals surface area (Å²) in [6.07, 6.45) is 1.34. The molecule has 1 atom stereocenters. The van der Waals surface area contributed by atoms with Crippen molar-refractivity contribution in [1.82, 2.24) is 9.55 Å². The highest BCUT2D eigenvalue weighted by Crippen LogP contribution is 2.29. The highest BCUT2D eigenvalue weighted by Gasteiger charge is 2.17. The fourth-order valence-electron chi connectivity index (χ4n) is 3.06. The highest BCUT2D eigenvalue weighted by atomic mass is 19.1. The normalized spacial score (nSPS) is 12.1. The molecule has 0 N–H and O–H groups in total. The highest BCUT2D eigenvalue weighted by molar-refractivity contribution is 5.87. The molecule has 0 aliphatic rings. The third-order valence-electron chi connectivity index (χ3n) is 4.21. The number of nitriles is 1. The molecule has 3 rings (SSSR count). The van der Waals surface area contributed by atoms with E-state index in [2.05, 4.69) is 4.98 Å². The van der Waals surface area contributed by atoms with Gasteiger partial charge in [-0.3, -0.25) is 0 Å². The first-order chi connectivity index (χ1) is 12.0. The summed E-state index contributed by atoms with van der Waals surface area (Å²) >= 11 is 0. The number of fused-ring (bicyclic) bond motifs is 1. The third-order valence-corrected chi connectivity index (χ3v) is 4.21. The number of rotatable bonds is 5. The Kier molecular flexibility index (Phi) is 4.66. The van der Waals surface area contributed by atoms with Crippen molar-refractivity contribution in [2.75, 3.05) is 6.61 Å². The Morgan fingerprint density at radius 3 is 2.76 bits per heavy atom. The second-order valence-corrected chi connectivity index (χ2v) is 5.90. The van der Waals surface area contributed by atoms with Crippen LogP contribution in [0.5, 0.6) is 5.75 Å². The summed E-state index contributed by atoms with van der Waals surface area (Å²) in [6.45, 7) is 3.58. The summed E-state index contributed by atoms with van der Waals surface area (Å²) in [6, 6.07) is 10.1. The number of aryl methyl sites for hydroxylation is 1. The number of nitrogens with zero attached hydrogens (tertiary/aromatic N) is 3. The largest absolute Gasteiger partial charge is 0.490 e. The van der Waals surface area contributed by atoms with E-state index in [4.69, 9.17) is 10.00 Å². The van der Waals surface area contributed by atoms with E-state index in [9.17, 15) is 8.78 Å². The maximum atomic E-state index is 13.4. The molecule has 2 heterocycles. The lowest BCUT2D eigenvalue weighted by Crippen LogP contribution is -2.15. The Morgan fingerprint density at radius 2 is 2.12 bits per heavy atom. The number of hydrogen-bond donors (Lipinski definition) is 0. The van der Waals surface area contributed by atoms with Crippen LogP contribution in [0.2, 0.25) is 0 Å². The minimum Gasteiger partial charge on any atom is -0.490 e. The Morgan fingerprint density at radius 1 is 1.32 bits per heavy atom. The molecule has 128 valence electrons. The first kappa shape index (κ1) is 16.9. The van der Waals surface area contributed by atoms with E-state index in [-0.39, 0.29) is 6.04 Å². The van der Waals surface area contributed by atoms with Crippen molar-refractivity contribution >= 4 is 10.9 Å². The molecular formula is C19H17F2N3O. The van der Waals surface area contributed by atoms with E-state index in [1.807, 2.05) is 36.6 Å². The quantitative estimate of drug-likeness (QED) is 0.644. The number of aromatic nitrogens is 2. The molecule has 6 heteroatoms. The minimum atomic E-state index is -0.685. The van der Waals surface area contributed by atoms with Crippen LogP contribution in [0.4, 0.5) is 8.78 Å². The Bertz CT molecular complexity index is 942. The fraction of sp³-hybridized carbons (Fsp3) is 0.263. The molecule has 25 heavy (non-hydrogen) atoms. The topological polar surface area (TPSA) is 50.8 Å². The molecule has 0 fully saturated rings. The SMILES string of the molecule is Cc1cc2c(CF)c(C#N)ccc2n1[C@H](C)COc1ccc(F)nc1. The van der Waals surface area contributed by atoms with Gasteiger partial charge in [-0.1, -0.05) is 0 Å². The molecule has 0 unspecified atom stereocenters. The number of alkyl halides is 1. The first-order valence-electron chi connectivity index (χ1n) is 7.89. The van der Waals surface area contributed by atoms with Crippen LogP contribution in [-0.2, 0) is 6.67 Å². The van der Waals surface area contributed by atoms with Crippen LogP contribution in [0.25, 0.3) is 10.9 Å². The van der Waals surface area contributed by atoms with E-state index < -0.39 is 12.6 Å². The molecule has 3 aromatic rings. The Hall–Kier alpha value is -2.94. The molecule has 1 aromatic carbocycles. The van der Waals surface area contributed by atoms with Crippen molar-refractivity contribution in [3.05, 3.63) is 59.3 Å². The summed E-state index contributed by atoms with van der Waals surface area (Å²) < 4.78 is 34.0. The molecule has 0 aliphatic heterocycles. The monoisotopic (exact) mass is 341 g/mol. The van der Waals surface area contributed by atoms with Crippen LogP contribution in [0.15, 0.2) is 36.5 Å². The van der Waals surface area contributed by atoms with Crippen LogP contribution in [0.1, 0.15) is 29.8 Å². The standard InChI is InChI=1S/C19H17F2N3O/c1-12-7-16-17(8-20)14(9-22)3-5-18(16)24(12)13(2)11-25-15-4-6-19(21)23-10-15/h3-7,10,13H,8,11H2,1-2H3/t13-/m1/s1. The molecule has 0 bridgehead atoms. The second kappa shape index (κ2) is 6.89. The third kappa shape index (κ3) is 3.18. The average molecular weight is 341 g/mol. The van der Waals surface area contributed by atoms with Gasteiger partial charge in [0, 0.05) is 22.2 Å². The summed E-state index contributed by atoms with van der Waals surface area (Å²) in [5.74, 6) is -0.0710. The smallest absolute Gasteiger partial charge is 0.213 e. The van der Waals surface area contributed by atoms with Crippen molar-refractivity contribution < 1.29 is 13.5 Å². The Balaban J connectivity index is 1.91. The maximum absolute atomic E-state index is 13.4. The predicted molar refractivity (Wildman–Crippen MR) is 90.6 cm³/mol. The predicted octanol–water partition coefficient (Wildman–Crippen LogP) is 4.47. The van der Waals surface area contributed by atoms with Gasteiger partial charge in [-0.2, -0.15) is 9.65 Å². The fourth-order valence-corrected chi connectivity index (χ4v) is 3.06. The van der Waals surface area contributed by atoms with Gasteiger partial charge in [-0.15, -0.1) is 0 Å². The van der Waals surface area contributed by atoms with Gasteiger partial charge in [-0.25, -0.2) is 9.37 Å². The van der Waals surface area contributed by atoms with Crippen LogP contribution >= 0.6 is 0 Å². The zero-order chi connectivity index (χ0) is 18.0. The van der Waals surface area contributed by atoms with Gasteiger partial charge < -0.3 is 9.30 Å². The maximum Gasteiger partial charge on any atom is 0.213 e. The first-order valence-corrected chi connectivity index (χ1v) is 7.89. The van der Waals surface area contributed by atoms with Crippen LogP contribution in [0, 0.1) is 24.2 Å². The number of ether oxygens (including phenoxy) is 1. The van der Waals surface area contributed by atoms with Gasteiger partial charge in [-0.05, 0) is 44.2 Å². The van der Waals surface area contributed by atoms with E-state index in [1.54, 1.807) is 6.07 Å². The van der Waals surface area contributed by atoms with Crippen LogP contribution in [0.3, 0.4) is 0 Å². The lowest BCUT2D eigenvalue weighted by Gasteiger charge is -2.18. The van der Waals surface area contributed by atoms with Gasteiger partial charge >= 0.3 is 0 Å². The molecule has 2 aromatic heterocycles. The molecule has 0 spiro atoms. The summed E-state index contributed by atoms with van der Waals surface area (Å²) in [4.78, 5) is 3.56. The number of pyridine rings is 1. The molecule has 4 nitrogen and oxygen atoms in total. The number of benzene rings is 1. The van der Waals surface area contributed by atoms with Gasteiger partial charge in [0.2, 0.25) is 5.95 Å². The van der Waals surface area contributed by atoms with Crippen molar-refractivity contribution in [2.24, 2.45) is 0 Å². The Labute approximate surface area is 144 Å². The lowest BCUT2D eigenvalue weighted by atomic mass is 10.0. The zero-order valence-electron chi connectivity index (χ0n) is 14.0. The van der Waals surface area contributed by atoms with Crippen molar-refractivity contribution in [3.63, 3.8) is 0 Å². The number of hydrogen-bond acceptors (Lipinski definition) is 3. The molecule has 0 saturated heterocycles. The molecular weight excluding hydrogens is 324 g/mol. The lowest BCUT2D eigenvalue weighted by molar-refractivity contribution is 0.261. The van der Waals surface area contributed by atoms with Gasteiger partial charge in [0.1, 0.15) is 19.0 Å². The van der Waals surface area contributed by atoms with Gasteiger partial charge in [0.15, 0.2) is 0 Å².